The fourth-order valence-electron chi connectivity index (χ4n) is 2.31. The molecule has 1 N–H and O–H groups in total. The minimum atomic E-state index is -0.0545. The monoisotopic (exact) mass is 321 g/mol. The van der Waals surface area contributed by atoms with Crippen molar-refractivity contribution in [2.24, 2.45) is 0 Å². The molecule has 0 saturated carbocycles. The molecule has 3 rings (SSSR count). The number of amides is 1. The Hall–Kier alpha value is -2.95. The number of carbonyl (C=O) groups is 1. The van der Waals surface area contributed by atoms with Crippen molar-refractivity contribution in [2.45, 2.75) is 26.2 Å². The number of anilines is 1. The van der Waals surface area contributed by atoms with E-state index in [0.29, 0.717) is 31.0 Å². The zero-order valence-corrected chi connectivity index (χ0v) is 13.5. The quantitative estimate of drug-likeness (QED) is 0.745. The second-order valence-electron chi connectivity index (χ2n) is 5.61. The maximum absolute atomic E-state index is 11.9. The normalized spacial score (nSPS) is 10.5. The number of hydrogen-bond acceptors (Lipinski definition) is 4. The van der Waals surface area contributed by atoms with Crippen LogP contribution < -0.4 is 5.32 Å². The van der Waals surface area contributed by atoms with Crippen LogP contribution >= 0.6 is 0 Å². The molecule has 0 aliphatic rings. The van der Waals surface area contributed by atoms with Gasteiger partial charge in [0.25, 0.3) is 0 Å². The van der Waals surface area contributed by atoms with E-state index >= 15 is 0 Å². The summed E-state index contributed by atoms with van der Waals surface area (Å²) in [5.74, 6) is 1.92. The molecule has 1 aromatic carbocycles. The molecule has 24 heavy (non-hydrogen) atoms. The van der Waals surface area contributed by atoms with E-state index in [0.717, 1.165) is 16.9 Å². The standard InChI is InChI=1S/C19H19N3O2/c1-14-10-11-17(20-12-14)22-18(23)8-5-9-19-21-13-16(24-19)15-6-3-2-4-7-15/h2-4,6-7,10-13H,5,8-9H2,1H3,(H,20,22,23). The van der Waals surface area contributed by atoms with Crippen molar-refractivity contribution in [3.63, 3.8) is 0 Å². The summed E-state index contributed by atoms with van der Waals surface area (Å²) in [6.07, 6.45) is 5.15. The summed E-state index contributed by atoms with van der Waals surface area (Å²) >= 11 is 0. The highest BCUT2D eigenvalue weighted by molar-refractivity contribution is 5.89. The molecule has 0 fully saturated rings. The molecule has 0 atom stereocenters. The molecule has 122 valence electrons. The highest BCUT2D eigenvalue weighted by Gasteiger charge is 2.08. The minimum Gasteiger partial charge on any atom is -0.441 e. The Labute approximate surface area is 140 Å². The van der Waals surface area contributed by atoms with Gasteiger partial charge in [-0.3, -0.25) is 4.79 Å². The Morgan fingerprint density at radius 2 is 1.92 bits per heavy atom. The first-order chi connectivity index (χ1) is 11.7. The van der Waals surface area contributed by atoms with Crippen LogP contribution in [-0.2, 0) is 11.2 Å². The Morgan fingerprint density at radius 3 is 2.67 bits per heavy atom. The molecule has 0 saturated heterocycles. The Balaban J connectivity index is 1.47. The number of aromatic nitrogens is 2. The molecule has 2 aromatic heterocycles. The third-order valence-corrected chi connectivity index (χ3v) is 3.59. The highest BCUT2D eigenvalue weighted by Crippen LogP contribution is 2.20. The largest absolute Gasteiger partial charge is 0.441 e. The molecule has 0 aliphatic carbocycles. The van der Waals surface area contributed by atoms with Gasteiger partial charge in [-0.05, 0) is 25.0 Å². The van der Waals surface area contributed by atoms with E-state index in [1.54, 1.807) is 18.5 Å². The van der Waals surface area contributed by atoms with E-state index in [4.69, 9.17) is 4.42 Å². The van der Waals surface area contributed by atoms with Crippen molar-refractivity contribution < 1.29 is 9.21 Å². The second-order valence-corrected chi connectivity index (χ2v) is 5.61. The highest BCUT2D eigenvalue weighted by atomic mass is 16.4. The Bertz CT molecular complexity index is 795. The summed E-state index contributed by atoms with van der Waals surface area (Å²) in [4.78, 5) is 20.3. The van der Waals surface area contributed by atoms with Gasteiger partial charge in [-0.1, -0.05) is 36.4 Å². The van der Waals surface area contributed by atoms with E-state index in [-0.39, 0.29) is 5.91 Å². The zero-order valence-electron chi connectivity index (χ0n) is 13.5. The predicted molar refractivity (Wildman–Crippen MR) is 92.5 cm³/mol. The van der Waals surface area contributed by atoms with Gasteiger partial charge in [0.2, 0.25) is 5.91 Å². The molecular weight excluding hydrogens is 302 g/mol. The van der Waals surface area contributed by atoms with E-state index < -0.39 is 0 Å². The van der Waals surface area contributed by atoms with Crippen molar-refractivity contribution >= 4 is 11.7 Å². The summed E-state index contributed by atoms with van der Waals surface area (Å²) in [6.45, 7) is 1.96. The number of oxazole rings is 1. The lowest BCUT2D eigenvalue weighted by Crippen LogP contribution is -2.12. The van der Waals surface area contributed by atoms with Gasteiger partial charge in [0.05, 0.1) is 6.20 Å². The van der Waals surface area contributed by atoms with Crippen molar-refractivity contribution in [1.29, 1.82) is 0 Å². The molecule has 3 aromatic rings. The van der Waals surface area contributed by atoms with Crippen LogP contribution in [0.4, 0.5) is 5.82 Å². The summed E-state index contributed by atoms with van der Waals surface area (Å²) < 4.78 is 5.73. The molecule has 2 heterocycles. The Morgan fingerprint density at radius 1 is 1.08 bits per heavy atom. The fraction of sp³-hybridized carbons (Fsp3) is 0.211. The van der Waals surface area contributed by atoms with Crippen molar-refractivity contribution in [3.05, 3.63) is 66.3 Å². The van der Waals surface area contributed by atoms with E-state index in [1.165, 1.54) is 0 Å². The lowest BCUT2D eigenvalue weighted by atomic mass is 10.2. The van der Waals surface area contributed by atoms with Crippen molar-refractivity contribution in [2.75, 3.05) is 5.32 Å². The Kier molecular flexibility index (Phi) is 5.01. The van der Waals surface area contributed by atoms with Crippen LogP contribution in [0.5, 0.6) is 0 Å². The van der Waals surface area contributed by atoms with E-state index in [2.05, 4.69) is 15.3 Å². The van der Waals surface area contributed by atoms with Gasteiger partial charge in [0.15, 0.2) is 11.7 Å². The van der Waals surface area contributed by atoms with Crippen LogP contribution in [0.3, 0.4) is 0 Å². The fourth-order valence-corrected chi connectivity index (χ4v) is 2.31. The number of pyridine rings is 1. The van der Waals surface area contributed by atoms with Gasteiger partial charge in [-0.2, -0.15) is 0 Å². The van der Waals surface area contributed by atoms with Crippen LogP contribution in [0.2, 0.25) is 0 Å². The van der Waals surface area contributed by atoms with Gasteiger partial charge in [0.1, 0.15) is 5.82 Å². The van der Waals surface area contributed by atoms with Crippen LogP contribution in [0, 0.1) is 6.92 Å². The number of carbonyl (C=O) groups excluding carboxylic acids is 1. The third-order valence-electron chi connectivity index (χ3n) is 3.59. The smallest absolute Gasteiger partial charge is 0.225 e. The summed E-state index contributed by atoms with van der Waals surface area (Å²) in [5.41, 5.74) is 2.06. The van der Waals surface area contributed by atoms with Gasteiger partial charge >= 0.3 is 0 Å². The number of rotatable bonds is 6. The second kappa shape index (κ2) is 7.55. The number of aryl methyl sites for hydroxylation is 2. The molecule has 1 amide bonds. The van der Waals surface area contributed by atoms with E-state index in [1.807, 2.05) is 43.3 Å². The average molecular weight is 321 g/mol. The third kappa shape index (κ3) is 4.29. The molecule has 0 bridgehead atoms. The van der Waals surface area contributed by atoms with E-state index in [9.17, 15) is 4.79 Å². The van der Waals surface area contributed by atoms with Crippen molar-refractivity contribution in [3.8, 4) is 11.3 Å². The molecule has 5 nitrogen and oxygen atoms in total. The van der Waals surface area contributed by atoms with Gasteiger partial charge in [-0.25, -0.2) is 9.97 Å². The van der Waals surface area contributed by atoms with Gasteiger partial charge < -0.3 is 9.73 Å². The molecule has 0 spiro atoms. The van der Waals surface area contributed by atoms with Crippen molar-refractivity contribution in [1.82, 2.24) is 9.97 Å². The predicted octanol–water partition coefficient (Wildman–Crippen LogP) is 4.01. The SMILES string of the molecule is Cc1ccc(NC(=O)CCCc2ncc(-c3ccccc3)o2)nc1. The maximum atomic E-state index is 11.9. The average Bonchev–Trinajstić information content (AvgIpc) is 3.07. The van der Waals surface area contributed by atoms with Gasteiger partial charge in [0, 0.05) is 24.6 Å². The van der Waals surface area contributed by atoms with Crippen LogP contribution in [0.25, 0.3) is 11.3 Å². The zero-order chi connectivity index (χ0) is 16.8. The minimum absolute atomic E-state index is 0.0545. The maximum Gasteiger partial charge on any atom is 0.225 e. The summed E-state index contributed by atoms with van der Waals surface area (Å²) in [7, 11) is 0. The lowest BCUT2D eigenvalue weighted by Gasteiger charge is -2.03. The lowest BCUT2D eigenvalue weighted by molar-refractivity contribution is -0.116. The van der Waals surface area contributed by atoms with Crippen LogP contribution in [0.1, 0.15) is 24.3 Å². The van der Waals surface area contributed by atoms with Crippen LogP contribution in [0.15, 0.2) is 59.3 Å². The molecule has 0 unspecified atom stereocenters. The van der Waals surface area contributed by atoms with Gasteiger partial charge in [-0.15, -0.1) is 0 Å². The van der Waals surface area contributed by atoms with Crippen LogP contribution in [-0.4, -0.2) is 15.9 Å². The first-order valence-electron chi connectivity index (χ1n) is 7.93. The number of hydrogen-bond donors (Lipinski definition) is 1. The number of nitrogens with one attached hydrogen (secondary N) is 1. The number of benzene rings is 1. The summed E-state index contributed by atoms with van der Waals surface area (Å²) in [6, 6.07) is 13.6. The molecule has 0 aliphatic heterocycles. The number of nitrogens with zero attached hydrogens (tertiary/aromatic N) is 2. The first kappa shape index (κ1) is 15.9. The summed E-state index contributed by atoms with van der Waals surface area (Å²) in [5, 5.41) is 2.79. The first-order valence-corrected chi connectivity index (χ1v) is 7.93. The topological polar surface area (TPSA) is 68.0 Å². The molecule has 5 heteroatoms. The molecule has 0 radical (unpaired) electrons. The molecular formula is C19H19N3O2.